The molecule has 0 saturated carbocycles. The summed E-state index contributed by atoms with van der Waals surface area (Å²) in [6.45, 7) is 2.73. The molecule has 1 rings (SSSR count). The summed E-state index contributed by atoms with van der Waals surface area (Å²) in [7, 11) is 0. The average Bonchev–Trinajstić information content (AvgIpc) is 2.16. The summed E-state index contributed by atoms with van der Waals surface area (Å²) >= 11 is 9.02. The van der Waals surface area contributed by atoms with Gasteiger partial charge in [-0.25, -0.2) is 0 Å². The number of alkyl halides is 1. The Labute approximate surface area is 92.2 Å². The third kappa shape index (κ3) is 4.01. The van der Waals surface area contributed by atoms with Gasteiger partial charge in [-0.3, -0.25) is 0 Å². The van der Waals surface area contributed by atoms with Gasteiger partial charge in [0.1, 0.15) is 5.75 Å². The lowest BCUT2D eigenvalue weighted by Crippen LogP contribution is -2.09. The summed E-state index contributed by atoms with van der Waals surface area (Å²) < 4.78 is 6.57. The van der Waals surface area contributed by atoms with Crippen molar-refractivity contribution in [1.29, 1.82) is 0 Å². The molecule has 0 aliphatic rings. The quantitative estimate of drug-likeness (QED) is 0.753. The molecule has 0 radical (unpaired) electrons. The van der Waals surface area contributed by atoms with Gasteiger partial charge in [-0.15, -0.1) is 11.6 Å². The van der Waals surface area contributed by atoms with Crippen LogP contribution in [0, 0.1) is 5.92 Å². The SMILES string of the molecule is CC(CCl)COc1ccc(Br)cc1. The normalized spacial score (nSPS) is 12.5. The number of ether oxygens (including phenoxy) is 1. The van der Waals surface area contributed by atoms with Crippen molar-refractivity contribution in [3.63, 3.8) is 0 Å². The first kappa shape index (κ1) is 10.9. The first-order chi connectivity index (χ1) is 6.22. The van der Waals surface area contributed by atoms with E-state index in [-0.39, 0.29) is 0 Å². The van der Waals surface area contributed by atoms with Gasteiger partial charge >= 0.3 is 0 Å². The van der Waals surface area contributed by atoms with Crippen molar-refractivity contribution in [1.82, 2.24) is 0 Å². The minimum atomic E-state index is 0.394. The lowest BCUT2D eigenvalue weighted by molar-refractivity contribution is 0.272. The zero-order valence-electron chi connectivity index (χ0n) is 7.47. The summed E-state index contributed by atoms with van der Waals surface area (Å²) in [4.78, 5) is 0. The van der Waals surface area contributed by atoms with E-state index < -0.39 is 0 Å². The van der Waals surface area contributed by atoms with Crippen molar-refractivity contribution in [3.8, 4) is 5.75 Å². The molecule has 72 valence electrons. The molecule has 1 aromatic carbocycles. The van der Waals surface area contributed by atoms with Crippen LogP contribution in [-0.2, 0) is 0 Å². The van der Waals surface area contributed by atoms with Crippen molar-refractivity contribution in [2.24, 2.45) is 5.92 Å². The second-order valence-electron chi connectivity index (χ2n) is 3.02. The summed E-state index contributed by atoms with van der Waals surface area (Å²) in [5, 5.41) is 0. The van der Waals surface area contributed by atoms with Crippen molar-refractivity contribution in [2.75, 3.05) is 12.5 Å². The van der Waals surface area contributed by atoms with E-state index >= 15 is 0 Å². The van der Waals surface area contributed by atoms with Gasteiger partial charge in [-0.05, 0) is 24.3 Å². The van der Waals surface area contributed by atoms with Crippen LogP contribution in [0.1, 0.15) is 6.92 Å². The number of hydrogen-bond acceptors (Lipinski definition) is 1. The maximum atomic E-state index is 5.66. The maximum absolute atomic E-state index is 5.66. The molecule has 3 heteroatoms. The van der Waals surface area contributed by atoms with E-state index in [4.69, 9.17) is 16.3 Å². The predicted octanol–water partition coefficient (Wildman–Crippen LogP) is 3.70. The van der Waals surface area contributed by atoms with Crippen LogP contribution >= 0.6 is 27.5 Å². The number of rotatable bonds is 4. The molecule has 0 aromatic heterocycles. The van der Waals surface area contributed by atoms with E-state index in [2.05, 4.69) is 22.9 Å². The van der Waals surface area contributed by atoms with Crippen LogP contribution in [0.15, 0.2) is 28.7 Å². The van der Waals surface area contributed by atoms with Gasteiger partial charge in [-0.1, -0.05) is 22.9 Å². The minimum absolute atomic E-state index is 0.394. The van der Waals surface area contributed by atoms with Gasteiger partial charge in [0.05, 0.1) is 6.61 Å². The molecule has 0 fully saturated rings. The number of hydrogen-bond donors (Lipinski definition) is 0. The molecule has 0 heterocycles. The zero-order valence-corrected chi connectivity index (χ0v) is 9.81. The van der Waals surface area contributed by atoms with Crippen molar-refractivity contribution in [3.05, 3.63) is 28.7 Å². The maximum Gasteiger partial charge on any atom is 0.119 e. The molecular formula is C10H12BrClO. The summed E-state index contributed by atoms with van der Waals surface area (Å²) in [6, 6.07) is 7.79. The van der Waals surface area contributed by atoms with E-state index in [9.17, 15) is 0 Å². The fourth-order valence-electron chi connectivity index (χ4n) is 0.814. The van der Waals surface area contributed by atoms with Gasteiger partial charge in [0.2, 0.25) is 0 Å². The predicted molar refractivity (Wildman–Crippen MR) is 59.5 cm³/mol. The fourth-order valence-corrected chi connectivity index (χ4v) is 1.17. The molecular weight excluding hydrogens is 251 g/mol. The molecule has 0 amide bonds. The Kier molecular flexibility index (Phi) is 4.60. The van der Waals surface area contributed by atoms with Gasteiger partial charge in [0.25, 0.3) is 0 Å². The van der Waals surface area contributed by atoms with Crippen LogP contribution < -0.4 is 4.74 Å². The molecule has 0 spiro atoms. The summed E-state index contributed by atoms with van der Waals surface area (Å²) in [6.07, 6.45) is 0. The summed E-state index contributed by atoms with van der Waals surface area (Å²) in [5.74, 6) is 1.92. The van der Waals surface area contributed by atoms with Gasteiger partial charge in [0, 0.05) is 16.3 Å². The molecule has 0 aliphatic carbocycles. The first-order valence-corrected chi connectivity index (χ1v) is 5.49. The standard InChI is InChI=1S/C10H12BrClO/c1-8(6-12)7-13-10-4-2-9(11)3-5-10/h2-5,8H,6-7H2,1H3. The van der Waals surface area contributed by atoms with E-state index in [0.29, 0.717) is 18.4 Å². The topological polar surface area (TPSA) is 9.23 Å². The molecule has 1 nitrogen and oxygen atoms in total. The lowest BCUT2D eigenvalue weighted by atomic mass is 10.2. The van der Waals surface area contributed by atoms with Crippen LogP contribution in [-0.4, -0.2) is 12.5 Å². The second-order valence-corrected chi connectivity index (χ2v) is 4.25. The smallest absolute Gasteiger partial charge is 0.119 e. The third-order valence-electron chi connectivity index (χ3n) is 1.61. The monoisotopic (exact) mass is 262 g/mol. The highest BCUT2D eigenvalue weighted by molar-refractivity contribution is 9.10. The molecule has 0 N–H and O–H groups in total. The highest BCUT2D eigenvalue weighted by Crippen LogP contribution is 2.16. The second kappa shape index (κ2) is 5.51. The Bertz CT molecular complexity index is 248. The average molecular weight is 264 g/mol. The molecule has 0 bridgehead atoms. The van der Waals surface area contributed by atoms with Crippen LogP contribution in [0.5, 0.6) is 5.75 Å². The molecule has 1 aromatic rings. The first-order valence-electron chi connectivity index (χ1n) is 4.16. The fraction of sp³-hybridized carbons (Fsp3) is 0.400. The zero-order chi connectivity index (χ0) is 9.68. The van der Waals surface area contributed by atoms with Crippen LogP contribution in [0.2, 0.25) is 0 Å². The van der Waals surface area contributed by atoms with E-state index in [1.54, 1.807) is 0 Å². The molecule has 1 unspecified atom stereocenters. The lowest BCUT2D eigenvalue weighted by Gasteiger charge is -2.09. The van der Waals surface area contributed by atoms with Gasteiger partial charge < -0.3 is 4.74 Å². The van der Waals surface area contributed by atoms with Crippen LogP contribution in [0.3, 0.4) is 0 Å². The Hall–Kier alpha value is -0.210. The minimum Gasteiger partial charge on any atom is -0.493 e. The Balaban J connectivity index is 2.41. The van der Waals surface area contributed by atoms with Crippen molar-refractivity contribution >= 4 is 27.5 Å². The Morgan fingerprint density at radius 2 is 2.00 bits per heavy atom. The highest BCUT2D eigenvalue weighted by atomic mass is 79.9. The molecule has 13 heavy (non-hydrogen) atoms. The Morgan fingerprint density at radius 1 is 1.38 bits per heavy atom. The van der Waals surface area contributed by atoms with Gasteiger partial charge in [0.15, 0.2) is 0 Å². The molecule has 0 aliphatic heterocycles. The third-order valence-corrected chi connectivity index (χ3v) is 2.67. The van der Waals surface area contributed by atoms with Crippen molar-refractivity contribution < 1.29 is 4.74 Å². The van der Waals surface area contributed by atoms with E-state index in [0.717, 1.165) is 10.2 Å². The highest BCUT2D eigenvalue weighted by Gasteiger charge is 2.00. The molecule has 0 saturated heterocycles. The van der Waals surface area contributed by atoms with E-state index in [1.165, 1.54) is 0 Å². The number of benzene rings is 1. The summed E-state index contributed by atoms with van der Waals surface area (Å²) in [5.41, 5.74) is 0. The Morgan fingerprint density at radius 3 is 2.54 bits per heavy atom. The van der Waals surface area contributed by atoms with Crippen LogP contribution in [0.25, 0.3) is 0 Å². The largest absolute Gasteiger partial charge is 0.493 e. The van der Waals surface area contributed by atoms with Gasteiger partial charge in [-0.2, -0.15) is 0 Å². The van der Waals surface area contributed by atoms with Crippen LogP contribution in [0.4, 0.5) is 0 Å². The van der Waals surface area contributed by atoms with Crippen molar-refractivity contribution in [2.45, 2.75) is 6.92 Å². The number of halogens is 2. The van der Waals surface area contributed by atoms with E-state index in [1.807, 2.05) is 24.3 Å². The molecule has 1 atom stereocenters.